The van der Waals surface area contributed by atoms with E-state index in [1.807, 2.05) is 6.92 Å². The molecule has 1 saturated carbocycles. The lowest BCUT2D eigenvalue weighted by Gasteiger charge is -2.44. The van der Waals surface area contributed by atoms with Gasteiger partial charge in [0.15, 0.2) is 0 Å². The van der Waals surface area contributed by atoms with Crippen molar-refractivity contribution in [2.24, 2.45) is 5.41 Å². The molecular formula is C63H114F3NO. The molecule has 1 aromatic rings. The number of halogens is 3. The van der Waals surface area contributed by atoms with Gasteiger partial charge in [-0.25, -0.2) is 0 Å². The lowest BCUT2D eigenvalue weighted by atomic mass is 9.71. The van der Waals surface area contributed by atoms with Crippen LogP contribution in [0.1, 0.15) is 345 Å². The molecule has 0 aromatic heterocycles. The third-order valence-electron chi connectivity index (χ3n) is 16.6. The van der Waals surface area contributed by atoms with Gasteiger partial charge in [0.2, 0.25) is 0 Å². The SMILES string of the molecule is CCc1cc(OC(F)(F)F)cc(C2CCCCCCCCCCCCCCCCCCCCCCCCCCCCCCCCCCCCCCCCCCCCCCCCC3(CC2)CNC3)c1. The molecule has 2 fully saturated rings. The first-order chi connectivity index (χ1) is 33.4. The number of benzene rings is 1. The van der Waals surface area contributed by atoms with Gasteiger partial charge in [-0.2, -0.15) is 0 Å². The molecule has 5 heteroatoms. The molecule has 1 atom stereocenters. The van der Waals surface area contributed by atoms with Crippen molar-refractivity contribution in [2.75, 3.05) is 13.1 Å². The van der Waals surface area contributed by atoms with E-state index in [0.29, 0.717) is 11.8 Å². The first kappa shape index (κ1) is 61.1. The number of alkyl halides is 3. The Morgan fingerprint density at radius 3 is 0.956 bits per heavy atom. The zero-order valence-corrected chi connectivity index (χ0v) is 45.3. The van der Waals surface area contributed by atoms with Crippen LogP contribution in [0.15, 0.2) is 18.2 Å². The van der Waals surface area contributed by atoms with Gasteiger partial charge in [-0.3, -0.25) is 0 Å². The first-order valence-electron chi connectivity index (χ1n) is 31.0. The number of nitrogens with one attached hydrogen (secondary N) is 1. The summed E-state index contributed by atoms with van der Waals surface area (Å²) in [6, 6.07) is 5.48. The highest BCUT2D eigenvalue weighted by atomic mass is 19.4. The zero-order valence-electron chi connectivity index (χ0n) is 45.3. The summed E-state index contributed by atoms with van der Waals surface area (Å²) in [6.45, 7) is 4.22. The van der Waals surface area contributed by atoms with Crippen LogP contribution in [0, 0.1) is 5.41 Å². The summed E-state index contributed by atoms with van der Waals surface area (Å²) < 4.78 is 44.7. The van der Waals surface area contributed by atoms with Crippen LogP contribution in [0.5, 0.6) is 5.75 Å². The van der Waals surface area contributed by atoms with Crippen molar-refractivity contribution in [2.45, 2.75) is 347 Å². The van der Waals surface area contributed by atoms with Crippen LogP contribution in [-0.2, 0) is 6.42 Å². The Morgan fingerprint density at radius 2 is 0.691 bits per heavy atom. The summed E-state index contributed by atoms with van der Waals surface area (Å²) in [7, 11) is 0. The Bertz CT molecular complexity index is 1240. The molecule has 0 radical (unpaired) electrons. The van der Waals surface area contributed by atoms with E-state index in [9.17, 15) is 13.2 Å². The predicted octanol–water partition coefficient (Wildman–Crippen LogP) is 22.3. The summed E-state index contributed by atoms with van der Waals surface area (Å²) in [5.74, 6) is 0.243. The van der Waals surface area contributed by atoms with Crippen molar-refractivity contribution < 1.29 is 17.9 Å². The fourth-order valence-electron chi connectivity index (χ4n) is 11.9. The number of hydrogen-bond acceptors (Lipinski definition) is 2. The third-order valence-corrected chi connectivity index (χ3v) is 16.6. The summed E-state index contributed by atoms with van der Waals surface area (Å²) in [4.78, 5) is 0. The predicted molar refractivity (Wildman–Crippen MR) is 291 cm³/mol. The van der Waals surface area contributed by atoms with Gasteiger partial charge in [0, 0.05) is 13.1 Å². The van der Waals surface area contributed by atoms with Crippen LogP contribution in [0.25, 0.3) is 0 Å². The summed E-state index contributed by atoms with van der Waals surface area (Å²) in [5, 5.41) is 3.60. The highest BCUT2D eigenvalue weighted by Gasteiger charge is 2.37. The molecule has 2 aliphatic rings. The number of hydrogen-bond donors (Lipinski definition) is 1. The molecule has 0 bridgehead atoms. The first-order valence-corrected chi connectivity index (χ1v) is 31.0. The average Bonchev–Trinajstić information content (AvgIpc) is 3.31. The van der Waals surface area contributed by atoms with Crippen molar-refractivity contribution in [1.82, 2.24) is 5.32 Å². The second-order valence-corrected chi connectivity index (χ2v) is 23.0. The third kappa shape index (κ3) is 34.2. The molecule has 1 heterocycles. The minimum Gasteiger partial charge on any atom is -0.406 e. The van der Waals surface area contributed by atoms with Crippen molar-refractivity contribution >= 4 is 0 Å². The molecule has 2 nitrogen and oxygen atoms in total. The normalized spacial score (nSPS) is 24.0. The van der Waals surface area contributed by atoms with Crippen LogP contribution in [0.4, 0.5) is 13.2 Å². The Kier molecular flexibility index (Phi) is 38.0. The van der Waals surface area contributed by atoms with Crippen LogP contribution < -0.4 is 10.1 Å². The molecule has 1 aliphatic carbocycles. The highest BCUT2D eigenvalue weighted by Crippen LogP contribution is 2.40. The van der Waals surface area contributed by atoms with Crippen LogP contribution >= 0.6 is 0 Å². The monoisotopic (exact) mass is 958 g/mol. The Morgan fingerprint density at radius 1 is 0.397 bits per heavy atom. The minimum absolute atomic E-state index is 0.0398. The summed E-state index contributed by atoms with van der Waals surface area (Å²) in [6.07, 6.45) is 65.8. The average molecular weight is 959 g/mol. The van der Waals surface area contributed by atoms with Crippen LogP contribution in [0.3, 0.4) is 0 Å². The molecule has 1 aromatic carbocycles. The van der Waals surface area contributed by atoms with E-state index in [4.69, 9.17) is 0 Å². The maximum atomic E-state index is 13.4. The van der Waals surface area contributed by atoms with Gasteiger partial charge in [0.05, 0.1) is 0 Å². The molecule has 1 N–H and O–H groups in total. The number of aryl methyl sites for hydroxylation is 1. The molecule has 1 spiro atoms. The van der Waals surface area contributed by atoms with Crippen molar-refractivity contribution in [3.63, 3.8) is 0 Å². The Hall–Kier alpha value is -1.23. The van der Waals surface area contributed by atoms with E-state index in [-0.39, 0.29) is 11.7 Å². The summed E-state index contributed by atoms with van der Waals surface area (Å²) >= 11 is 0. The maximum absolute atomic E-state index is 13.4. The number of rotatable bonds is 3. The molecule has 0 amide bonds. The largest absolute Gasteiger partial charge is 0.573 e. The smallest absolute Gasteiger partial charge is 0.406 e. The van der Waals surface area contributed by atoms with Gasteiger partial charge >= 0.3 is 6.36 Å². The van der Waals surface area contributed by atoms with E-state index in [2.05, 4.69) is 16.1 Å². The molecule has 1 saturated heterocycles. The lowest BCUT2D eigenvalue weighted by molar-refractivity contribution is -0.274. The van der Waals surface area contributed by atoms with Gasteiger partial charge < -0.3 is 10.1 Å². The fraction of sp³-hybridized carbons (Fsp3) is 0.905. The van der Waals surface area contributed by atoms with Gasteiger partial charge in [-0.1, -0.05) is 308 Å². The Balaban J connectivity index is 1.36. The van der Waals surface area contributed by atoms with Gasteiger partial charge in [0.25, 0.3) is 0 Å². The van der Waals surface area contributed by atoms with E-state index >= 15 is 0 Å². The topological polar surface area (TPSA) is 21.3 Å². The molecular weight excluding hydrogens is 844 g/mol. The lowest BCUT2D eigenvalue weighted by Crippen LogP contribution is -2.53. The van der Waals surface area contributed by atoms with E-state index < -0.39 is 6.36 Å². The molecule has 1 aliphatic heterocycles. The Labute approximate surface area is 421 Å². The quantitative estimate of drug-likeness (QED) is 0.326. The zero-order chi connectivity index (χ0) is 48.3. The van der Waals surface area contributed by atoms with Crippen LogP contribution in [0.2, 0.25) is 0 Å². The van der Waals surface area contributed by atoms with Gasteiger partial charge in [0.1, 0.15) is 5.75 Å². The van der Waals surface area contributed by atoms with Crippen LogP contribution in [-0.4, -0.2) is 19.5 Å². The van der Waals surface area contributed by atoms with Crippen molar-refractivity contribution in [1.29, 1.82) is 0 Å². The highest BCUT2D eigenvalue weighted by molar-refractivity contribution is 5.36. The standard InChI is InChI=1S/C63H114F3NO/c1-2-58-53-60(55-61(54-58)68-63(64,65)66)59-49-47-45-43-41-39-37-35-33-31-29-27-25-23-21-19-17-15-13-11-9-7-5-3-4-6-8-10-12-14-16-18-20-22-24-26-28-30-32-34-36-38-40-42-44-46-48-51-62(52-50-59)56-67-57-62/h53-55,59,67H,2-52,56-57H2,1H3. The second kappa shape index (κ2) is 42.3. The van der Waals surface area contributed by atoms with Crippen molar-refractivity contribution in [3.05, 3.63) is 29.3 Å². The second-order valence-electron chi connectivity index (χ2n) is 23.0. The molecule has 68 heavy (non-hydrogen) atoms. The van der Waals surface area contributed by atoms with E-state index in [0.717, 1.165) is 49.9 Å². The van der Waals surface area contributed by atoms with Crippen molar-refractivity contribution in [3.8, 4) is 5.75 Å². The molecule has 398 valence electrons. The van der Waals surface area contributed by atoms with Gasteiger partial charge in [-0.15, -0.1) is 13.2 Å². The minimum atomic E-state index is -4.67. The van der Waals surface area contributed by atoms with E-state index in [1.54, 1.807) is 12.1 Å². The maximum Gasteiger partial charge on any atom is 0.573 e. The molecule has 3 rings (SSSR count). The number of ether oxygens (including phenoxy) is 1. The van der Waals surface area contributed by atoms with Gasteiger partial charge in [-0.05, 0) is 66.7 Å². The fourth-order valence-corrected chi connectivity index (χ4v) is 11.9. The summed E-state index contributed by atoms with van der Waals surface area (Å²) in [5.41, 5.74) is 2.35. The molecule has 1 unspecified atom stereocenters. The van der Waals surface area contributed by atoms with E-state index in [1.165, 1.54) is 295 Å².